The van der Waals surface area contributed by atoms with Gasteiger partial charge in [0.15, 0.2) is 5.96 Å². The van der Waals surface area contributed by atoms with Crippen molar-refractivity contribution < 1.29 is 4.74 Å². The number of aromatic nitrogens is 2. The van der Waals surface area contributed by atoms with Crippen molar-refractivity contribution in [3.05, 3.63) is 47.8 Å². The summed E-state index contributed by atoms with van der Waals surface area (Å²) < 4.78 is 7.33. The maximum atomic E-state index is 5.38. The van der Waals surface area contributed by atoms with Gasteiger partial charge in [-0.1, -0.05) is 19.1 Å². The first kappa shape index (κ1) is 22.3. The van der Waals surface area contributed by atoms with E-state index in [9.17, 15) is 0 Å². The van der Waals surface area contributed by atoms with Crippen LogP contribution in [0.3, 0.4) is 0 Å². The lowest BCUT2D eigenvalue weighted by Gasteiger charge is -2.16. The van der Waals surface area contributed by atoms with Crippen molar-refractivity contribution in [1.29, 1.82) is 0 Å². The molecule has 144 valence electrons. The molecular formula is C19H30IN5O. The lowest BCUT2D eigenvalue weighted by molar-refractivity contribution is 0.411. The SMILES string of the molecule is CN=C(NCCc1ccc(C)c(OC)c1)NCC(C)Cn1cccn1.I. The Morgan fingerprint density at radius 3 is 2.81 bits per heavy atom. The Hall–Kier alpha value is -1.77. The molecule has 1 aromatic carbocycles. The summed E-state index contributed by atoms with van der Waals surface area (Å²) in [6.45, 7) is 6.80. The van der Waals surface area contributed by atoms with Crippen LogP contribution in [0.4, 0.5) is 0 Å². The Bertz CT molecular complexity index is 673. The number of hydrogen-bond donors (Lipinski definition) is 2. The number of hydrogen-bond acceptors (Lipinski definition) is 3. The highest BCUT2D eigenvalue weighted by molar-refractivity contribution is 14.0. The maximum Gasteiger partial charge on any atom is 0.190 e. The second-order valence-corrected chi connectivity index (χ2v) is 6.27. The van der Waals surface area contributed by atoms with E-state index >= 15 is 0 Å². The van der Waals surface area contributed by atoms with Crippen LogP contribution in [0.25, 0.3) is 0 Å². The molecule has 7 heteroatoms. The van der Waals surface area contributed by atoms with Crippen molar-refractivity contribution in [3.8, 4) is 5.75 Å². The van der Waals surface area contributed by atoms with Gasteiger partial charge in [0.05, 0.1) is 7.11 Å². The lowest BCUT2D eigenvalue weighted by Crippen LogP contribution is -2.40. The average molecular weight is 471 g/mol. The zero-order valence-electron chi connectivity index (χ0n) is 16.0. The Labute approximate surface area is 173 Å². The van der Waals surface area contributed by atoms with Crippen molar-refractivity contribution in [1.82, 2.24) is 20.4 Å². The molecule has 0 aliphatic carbocycles. The second kappa shape index (κ2) is 11.8. The van der Waals surface area contributed by atoms with Gasteiger partial charge in [-0.2, -0.15) is 5.10 Å². The van der Waals surface area contributed by atoms with Crippen molar-refractivity contribution in [3.63, 3.8) is 0 Å². The van der Waals surface area contributed by atoms with E-state index in [0.29, 0.717) is 5.92 Å². The van der Waals surface area contributed by atoms with Gasteiger partial charge in [0.2, 0.25) is 0 Å². The fourth-order valence-electron chi connectivity index (χ4n) is 2.63. The average Bonchev–Trinajstić information content (AvgIpc) is 3.12. The van der Waals surface area contributed by atoms with Crippen LogP contribution >= 0.6 is 24.0 Å². The first-order valence-electron chi connectivity index (χ1n) is 8.68. The molecule has 0 saturated heterocycles. The molecule has 0 radical (unpaired) electrons. The third kappa shape index (κ3) is 7.23. The zero-order chi connectivity index (χ0) is 18.1. The molecule has 1 atom stereocenters. The van der Waals surface area contributed by atoms with Crippen LogP contribution in [0, 0.1) is 12.8 Å². The van der Waals surface area contributed by atoms with Gasteiger partial charge < -0.3 is 15.4 Å². The summed E-state index contributed by atoms with van der Waals surface area (Å²) in [7, 11) is 3.50. The molecule has 2 rings (SSSR count). The van der Waals surface area contributed by atoms with Gasteiger partial charge in [0, 0.05) is 39.1 Å². The molecule has 26 heavy (non-hydrogen) atoms. The molecule has 0 saturated carbocycles. The molecule has 1 unspecified atom stereocenters. The fraction of sp³-hybridized carbons (Fsp3) is 0.474. The maximum absolute atomic E-state index is 5.38. The third-order valence-electron chi connectivity index (χ3n) is 4.08. The standard InChI is InChI=1S/C19H29N5O.HI/c1-15(14-24-11-5-9-23-24)13-22-19(20-3)21-10-8-17-7-6-16(2)18(12-17)25-4;/h5-7,9,11-12,15H,8,10,13-14H2,1-4H3,(H2,20,21,22);1H. The summed E-state index contributed by atoms with van der Waals surface area (Å²) in [6, 6.07) is 8.28. The number of benzene rings is 1. The molecule has 2 N–H and O–H groups in total. The summed E-state index contributed by atoms with van der Waals surface area (Å²) in [4.78, 5) is 4.28. The van der Waals surface area contributed by atoms with Gasteiger partial charge in [-0.25, -0.2) is 0 Å². The van der Waals surface area contributed by atoms with Crippen molar-refractivity contribution in [2.75, 3.05) is 27.2 Å². The number of aliphatic imine (C=N–C) groups is 1. The minimum atomic E-state index is 0. The van der Waals surface area contributed by atoms with Gasteiger partial charge >= 0.3 is 0 Å². The van der Waals surface area contributed by atoms with Crippen LogP contribution < -0.4 is 15.4 Å². The van der Waals surface area contributed by atoms with E-state index in [0.717, 1.165) is 43.3 Å². The summed E-state index contributed by atoms with van der Waals surface area (Å²) in [5.41, 5.74) is 2.40. The molecule has 0 bridgehead atoms. The largest absolute Gasteiger partial charge is 0.496 e. The quantitative estimate of drug-likeness (QED) is 0.353. The number of halogens is 1. The van der Waals surface area contributed by atoms with E-state index < -0.39 is 0 Å². The van der Waals surface area contributed by atoms with Gasteiger partial charge in [-0.05, 0) is 42.5 Å². The zero-order valence-corrected chi connectivity index (χ0v) is 18.4. The lowest BCUT2D eigenvalue weighted by atomic mass is 10.1. The van der Waals surface area contributed by atoms with Crippen molar-refractivity contribution in [2.24, 2.45) is 10.9 Å². The Morgan fingerprint density at radius 2 is 2.15 bits per heavy atom. The summed E-state index contributed by atoms with van der Waals surface area (Å²) >= 11 is 0. The number of nitrogens with zero attached hydrogens (tertiary/aromatic N) is 3. The van der Waals surface area contributed by atoms with Crippen LogP contribution in [0.2, 0.25) is 0 Å². The first-order valence-corrected chi connectivity index (χ1v) is 8.68. The number of guanidine groups is 1. The van der Waals surface area contributed by atoms with E-state index in [1.165, 1.54) is 5.56 Å². The smallest absolute Gasteiger partial charge is 0.190 e. The van der Waals surface area contributed by atoms with Gasteiger partial charge in [-0.3, -0.25) is 9.67 Å². The minimum Gasteiger partial charge on any atom is -0.496 e. The Balaban J connectivity index is 0.00000338. The Kier molecular flexibility index (Phi) is 10.1. The van der Waals surface area contributed by atoms with Gasteiger partial charge in [0.25, 0.3) is 0 Å². The highest BCUT2D eigenvalue weighted by atomic mass is 127. The molecule has 1 aromatic heterocycles. The predicted molar refractivity (Wildman–Crippen MR) is 118 cm³/mol. The Morgan fingerprint density at radius 1 is 1.35 bits per heavy atom. The fourth-order valence-corrected chi connectivity index (χ4v) is 2.63. The highest BCUT2D eigenvalue weighted by Gasteiger charge is 2.06. The summed E-state index contributed by atoms with van der Waals surface area (Å²) in [5, 5.41) is 11.0. The van der Waals surface area contributed by atoms with E-state index in [1.54, 1.807) is 20.4 Å². The number of ether oxygens (including phenoxy) is 1. The van der Waals surface area contributed by atoms with Gasteiger partial charge in [-0.15, -0.1) is 24.0 Å². The molecule has 0 spiro atoms. The van der Waals surface area contributed by atoms with E-state index in [-0.39, 0.29) is 24.0 Å². The molecule has 1 heterocycles. The van der Waals surface area contributed by atoms with Gasteiger partial charge in [0.1, 0.15) is 5.75 Å². The monoisotopic (exact) mass is 471 g/mol. The predicted octanol–water partition coefficient (Wildman–Crippen LogP) is 2.86. The normalized spacial score (nSPS) is 12.2. The molecule has 6 nitrogen and oxygen atoms in total. The topological polar surface area (TPSA) is 63.5 Å². The van der Waals surface area contributed by atoms with Crippen LogP contribution in [-0.2, 0) is 13.0 Å². The number of nitrogens with one attached hydrogen (secondary N) is 2. The molecule has 2 aromatic rings. The molecular weight excluding hydrogens is 441 g/mol. The van der Waals surface area contributed by atoms with Crippen LogP contribution in [0.5, 0.6) is 5.75 Å². The van der Waals surface area contributed by atoms with Crippen LogP contribution in [0.1, 0.15) is 18.1 Å². The molecule has 0 fully saturated rings. The molecule has 0 aliphatic heterocycles. The van der Waals surface area contributed by atoms with E-state index in [2.05, 4.69) is 52.8 Å². The first-order chi connectivity index (χ1) is 12.1. The summed E-state index contributed by atoms with van der Waals surface area (Å²) in [6.07, 6.45) is 4.71. The number of aryl methyl sites for hydroxylation is 1. The molecule has 0 amide bonds. The van der Waals surface area contributed by atoms with E-state index in [4.69, 9.17) is 4.74 Å². The number of rotatable bonds is 8. The van der Waals surface area contributed by atoms with Crippen LogP contribution in [-0.4, -0.2) is 43.0 Å². The second-order valence-electron chi connectivity index (χ2n) is 6.27. The van der Waals surface area contributed by atoms with Crippen LogP contribution in [0.15, 0.2) is 41.7 Å². The summed E-state index contributed by atoms with van der Waals surface area (Å²) in [5.74, 6) is 2.22. The van der Waals surface area contributed by atoms with Crippen molar-refractivity contribution >= 4 is 29.9 Å². The number of methoxy groups -OCH3 is 1. The van der Waals surface area contributed by atoms with Crippen molar-refractivity contribution in [2.45, 2.75) is 26.8 Å². The minimum absolute atomic E-state index is 0. The third-order valence-corrected chi connectivity index (χ3v) is 4.08. The highest BCUT2D eigenvalue weighted by Crippen LogP contribution is 2.18. The molecule has 0 aliphatic rings. The van der Waals surface area contributed by atoms with E-state index in [1.807, 2.05) is 16.9 Å².